The van der Waals surface area contributed by atoms with E-state index < -0.39 is 0 Å². The Morgan fingerprint density at radius 2 is 0.875 bits per heavy atom. The fourth-order valence-corrected chi connectivity index (χ4v) is 9.38. The number of aryl methyl sites for hydroxylation is 4. The van der Waals surface area contributed by atoms with Crippen LogP contribution < -0.4 is 0 Å². The zero-order chi connectivity index (χ0) is 32.6. The molecule has 0 amide bonds. The first-order valence-corrected chi connectivity index (χ1v) is 17.4. The summed E-state index contributed by atoms with van der Waals surface area (Å²) in [7, 11) is 0. The van der Waals surface area contributed by atoms with Crippen LogP contribution in [0, 0.1) is 27.7 Å². The van der Waals surface area contributed by atoms with Crippen molar-refractivity contribution in [2.45, 2.75) is 27.7 Å². The van der Waals surface area contributed by atoms with Gasteiger partial charge in [0.05, 0.1) is 53.3 Å². The van der Waals surface area contributed by atoms with Crippen LogP contribution in [0.3, 0.4) is 0 Å². The van der Waals surface area contributed by atoms with Gasteiger partial charge in [0.15, 0.2) is 0 Å². The average Bonchev–Trinajstić information content (AvgIpc) is 3.72. The first-order valence-electron chi connectivity index (χ1n) is 15.7. The second-order valence-corrected chi connectivity index (χ2v) is 14.9. The van der Waals surface area contributed by atoms with Crippen LogP contribution in [0.15, 0.2) is 72.8 Å². The first kappa shape index (κ1) is 27.7. The smallest absolute Gasteiger partial charge is 0.135 e. The first-order chi connectivity index (χ1) is 23.2. The van der Waals surface area contributed by atoms with Gasteiger partial charge in [-0.2, -0.15) is 0 Å². The molecule has 0 aliphatic heterocycles. The van der Waals surface area contributed by atoms with Crippen molar-refractivity contribution in [3.63, 3.8) is 0 Å². The number of aromatic hydroxyl groups is 2. The van der Waals surface area contributed by atoms with Gasteiger partial charge in [-0.3, -0.25) is 0 Å². The maximum absolute atomic E-state index is 11.9. The van der Waals surface area contributed by atoms with Crippen LogP contribution in [0.4, 0.5) is 0 Å². The molecule has 5 aromatic carbocycles. The number of hydrogen-bond donors (Lipinski definition) is 2. The predicted molar refractivity (Wildman–Crippen MR) is 202 cm³/mol. The van der Waals surface area contributed by atoms with Crippen molar-refractivity contribution in [1.82, 2.24) is 19.9 Å². The molecule has 48 heavy (non-hydrogen) atoms. The lowest BCUT2D eigenvalue weighted by Crippen LogP contribution is -1.88. The quantitative estimate of drug-likeness (QED) is 0.158. The Morgan fingerprint density at radius 1 is 0.458 bits per heavy atom. The fourth-order valence-electron chi connectivity index (χ4n) is 7.26. The number of benzene rings is 5. The van der Waals surface area contributed by atoms with Gasteiger partial charge < -0.3 is 10.2 Å². The largest absolute Gasteiger partial charge is 0.507 e. The van der Waals surface area contributed by atoms with Gasteiger partial charge in [-0.15, -0.1) is 22.7 Å². The molecule has 8 heteroatoms. The lowest BCUT2D eigenvalue weighted by atomic mass is 10.0. The third-order valence-electron chi connectivity index (χ3n) is 9.52. The van der Waals surface area contributed by atoms with Crippen molar-refractivity contribution < 1.29 is 10.2 Å². The molecule has 5 heterocycles. The van der Waals surface area contributed by atoms with E-state index in [1.165, 1.54) is 0 Å². The number of aromatic nitrogens is 4. The van der Waals surface area contributed by atoms with E-state index in [9.17, 15) is 10.2 Å². The average molecular weight is 659 g/mol. The van der Waals surface area contributed by atoms with E-state index in [0.29, 0.717) is 32.6 Å². The second kappa shape index (κ2) is 9.56. The molecule has 10 rings (SSSR count). The summed E-state index contributed by atoms with van der Waals surface area (Å²) in [4.78, 5) is 22.2. The Morgan fingerprint density at radius 3 is 1.33 bits per heavy atom. The van der Waals surface area contributed by atoms with Gasteiger partial charge in [0.2, 0.25) is 0 Å². The second-order valence-electron chi connectivity index (χ2n) is 12.9. The van der Waals surface area contributed by atoms with E-state index in [-0.39, 0.29) is 11.5 Å². The Labute approximate surface area is 281 Å². The molecule has 0 spiro atoms. The lowest BCUT2D eigenvalue weighted by molar-refractivity contribution is 0.487. The zero-order valence-electron chi connectivity index (χ0n) is 26.4. The number of pyridine rings is 2. The number of rotatable bonds is 0. The molecule has 0 atom stereocenters. The highest BCUT2D eigenvalue weighted by molar-refractivity contribution is 7.25. The summed E-state index contributed by atoms with van der Waals surface area (Å²) in [6.45, 7) is 8.30. The highest BCUT2D eigenvalue weighted by Gasteiger charge is 2.19. The van der Waals surface area contributed by atoms with Crippen LogP contribution in [-0.2, 0) is 0 Å². The van der Waals surface area contributed by atoms with E-state index in [1.807, 2.05) is 74.5 Å². The standard InChI is InChI=1S/C40H26N4O2S2/c1-17-11-24-28-9-7-21-5-6-22-8-10-29(42-32(22)31(21)41-28)25-12-18(2)14-27(36(25)46)40-44-34-30-23(16-20(4)38(34)48-40)15-19(3)37-33(30)43-39(47-37)26(13-17)35(24)45/h5-16,45-46H,1-4H3. The number of phenolic OH excluding ortho intramolecular Hbond substituents is 2. The Balaban J connectivity index is 1.53. The number of fused-ring (bicyclic) bond motifs is 12. The van der Waals surface area contributed by atoms with Gasteiger partial charge in [0.1, 0.15) is 21.2 Å². The van der Waals surface area contributed by atoms with Crippen molar-refractivity contribution in [1.29, 1.82) is 0 Å². The molecule has 0 saturated heterocycles. The summed E-state index contributed by atoms with van der Waals surface area (Å²) in [6, 6.07) is 24.4. The summed E-state index contributed by atoms with van der Waals surface area (Å²) in [5, 5.41) is 30.4. The molecule has 0 fully saturated rings. The molecule has 2 N–H and O–H groups in total. The summed E-state index contributed by atoms with van der Waals surface area (Å²) in [6.07, 6.45) is 0. The molecule has 10 aromatic rings. The number of phenols is 2. The third kappa shape index (κ3) is 3.78. The minimum absolute atomic E-state index is 0.147. The molecule has 0 aliphatic carbocycles. The molecule has 230 valence electrons. The molecule has 0 unspecified atom stereocenters. The minimum Gasteiger partial charge on any atom is -0.507 e. The summed E-state index contributed by atoms with van der Waals surface area (Å²) in [5.41, 5.74) is 8.74. The van der Waals surface area contributed by atoms with Crippen LogP contribution in [0.5, 0.6) is 11.5 Å². The van der Waals surface area contributed by atoms with Crippen LogP contribution in [0.25, 0.3) is 95.3 Å². The summed E-state index contributed by atoms with van der Waals surface area (Å²) >= 11 is 3.17. The number of nitrogens with zero attached hydrogens (tertiary/aromatic N) is 4. The monoisotopic (exact) mass is 658 g/mol. The van der Waals surface area contributed by atoms with E-state index in [4.69, 9.17) is 19.9 Å². The predicted octanol–water partition coefficient (Wildman–Crippen LogP) is 11.0. The van der Waals surface area contributed by atoms with Crippen molar-refractivity contribution in [2.24, 2.45) is 0 Å². The van der Waals surface area contributed by atoms with Crippen LogP contribution >= 0.6 is 22.7 Å². The molecule has 0 saturated carbocycles. The fraction of sp³-hybridized carbons (Fsp3) is 0.100. The molecular weight excluding hydrogens is 633 g/mol. The lowest BCUT2D eigenvalue weighted by Gasteiger charge is -2.07. The van der Waals surface area contributed by atoms with E-state index in [1.54, 1.807) is 22.7 Å². The highest BCUT2D eigenvalue weighted by atomic mass is 32.1. The maximum Gasteiger partial charge on any atom is 0.135 e. The number of hydrogen-bond acceptors (Lipinski definition) is 8. The van der Waals surface area contributed by atoms with E-state index in [2.05, 4.69) is 26.0 Å². The van der Waals surface area contributed by atoms with Gasteiger partial charge >= 0.3 is 0 Å². The van der Waals surface area contributed by atoms with E-state index >= 15 is 0 Å². The third-order valence-corrected chi connectivity index (χ3v) is 12.0. The van der Waals surface area contributed by atoms with Crippen LogP contribution in [-0.4, -0.2) is 30.1 Å². The molecule has 0 radical (unpaired) electrons. The van der Waals surface area contributed by atoms with Gasteiger partial charge in [-0.1, -0.05) is 24.3 Å². The van der Waals surface area contributed by atoms with Crippen LogP contribution in [0.1, 0.15) is 22.3 Å². The zero-order valence-corrected chi connectivity index (χ0v) is 28.1. The van der Waals surface area contributed by atoms with Crippen molar-refractivity contribution in [2.75, 3.05) is 0 Å². The highest BCUT2D eigenvalue weighted by Crippen LogP contribution is 2.44. The Kier molecular flexibility index (Phi) is 5.51. The topological polar surface area (TPSA) is 92.0 Å². The minimum atomic E-state index is 0.147. The normalized spacial score (nSPS) is 12.3. The van der Waals surface area contributed by atoms with Gasteiger partial charge in [0.25, 0.3) is 0 Å². The van der Waals surface area contributed by atoms with Crippen molar-refractivity contribution in [3.05, 3.63) is 95.1 Å². The Hall–Kier alpha value is -5.44. The molecular formula is C40H26N4O2S2. The van der Waals surface area contributed by atoms with Gasteiger partial charge in [-0.05, 0) is 104 Å². The van der Waals surface area contributed by atoms with Gasteiger partial charge in [-0.25, -0.2) is 19.9 Å². The SMILES string of the molecule is Cc1cc2c(O)c(c1)c1nc3c(s1)c(C)cc1cc(C)c4sc(nc4c13)c1cc(C)cc(c1O)c1ccc3ccc4ccc2nc4c3n1. The van der Waals surface area contributed by atoms with Crippen molar-refractivity contribution >= 4 is 118 Å². The number of thiazole rings is 2. The Bertz CT molecular complexity index is 2940. The molecule has 0 aliphatic rings. The molecule has 12 bridgehead atoms. The summed E-state index contributed by atoms with van der Waals surface area (Å²) < 4.78 is 2.12. The summed E-state index contributed by atoms with van der Waals surface area (Å²) in [5.74, 6) is 0.294. The maximum atomic E-state index is 11.9. The van der Waals surface area contributed by atoms with Crippen LogP contribution in [0.2, 0.25) is 0 Å². The van der Waals surface area contributed by atoms with E-state index in [0.717, 1.165) is 84.9 Å². The van der Waals surface area contributed by atoms with Gasteiger partial charge in [0, 0.05) is 26.9 Å². The van der Waals surface area contributed by atoms with Crippen molar-refractivity contribution in [3.8, 4) is 11.5 Å². The molecule has 5 aromatic heterocycles. The molecule has 6 nitrogen and oxygen atoms in total.